The standard InChI is InChI=1S/C23H23NO6/c1-14-10-18(15(2)24(14)12-16-6-5-9-28-16)20(26)13-29-23(27)22-11-19(25)17-7-3-4-8-21(17)30-22/h3-4,7-8,10-11,16H,5-6,9,12-13H2,1-2H3. The highest BCUT2D eigenvalue weighted by Crippen LogP contribution is 2.21. The monoisotopic (exact) mass is 409 g/mol. The molecule has 4 rings (SSSR count). The van der Waals surface area contributed by atoms with Crippen LogP contribution in [0.4, 0.5) is 0 Å². The van der Waals surface area contributed by atoms with Gasteiger partial charge in [0, 0.05) is 36.2 Å². The molecule has 0 spiro atoms. The van der Waals surface area contributed by atoms with Gasteiger partial charge in [0.05, 0.1) is 11.5 Å². The largest absolute Gasteiger partial charge is 0.451 e. The Kier molecular flexibility index (Phi) is 5.55. The molecule has 1 unspecified atom stereocenters. The first-order valence-corrected chi connectivity index (χ1v) is 9.95. The zero-order valence-corrected chi connectivity index (χ0v) is 17.0. The Morgan fingerprint density at radius 2 is 2.00 bits per heavy atom. The average Bonchev–Trinajstić information content (AvgIpc) is 3.35. The van der Waals surface area contributed by atoms with E-state index in [1.54, 1.807) is 30.3 Å². The number of aryl methyl sites for hydroxylation is 1. The van der Waals surface area contributed by atoms with Crippen molar-refractivity contribution >= 4 is 22.7 Å². The van der Waals surface area contributed by atoms with Crippen LogP contribution in [0.25, 0.3) is 11.0 Å². The maximum absolute atomic E-state index is 12.7. The molecule has 0 amide bonds. The zero-order chi connectivity index (χ0) is 21.3. The van der Waals surface area contributed by atoms with Gasteiger partial charge in [-0.2, -0.15) is 0 Å². The van der Waals surface area contributed by atoms with E-state index in [0.29, 0.717) is 23.1 Å². The van der Waals surface area contributed by atoms with E-state index in [-0.39, 0.29) is 23.1 Å². The molecule has 0 N–H and O–H groups in total. The van der Waals surface area contributed by atoms with E-state index in [2.05, 4.69) is 4.57 Å². The lowest BCUT2D eigenvalue weighted by Gasteiger charge is -2.14. The van der Waals surface area contributed by atoms with Crippen molar-refractivity contribution in [2.45, 2.75) is 39.3 Å². The molecule has 7 heteroatoms. The van der Waals surface area contributed by atoms with Gasteiger partial charge in [0.1, 0.15) is 5.58 Å². The van der Waals surface area contributed by atoms with Crippen molar-refractivity contribution in [1.29, 1.82) is 0 Å². The number of fused-ring (bicyclic) bond motifs is 1. The molecular weight excluding hydrogens is 386 g/mol. The fourth-order valence-corrected chi connectivity index (χ4v) is 3.84. The number of esters is 1. The average molecular weight is 409 g/mol. The molecule has 30 heavy (non-hydrogen) atoms. The van der Waals surface area contributed by atoms with Crippen molar-refractivity contribution in [3.8, 4) is 0 Å². The highest BCUT2D eigenvalue weighted by atomic mass is 16.5. The molecule has 1 fully saturated rings. The minimum Gasteiger partial charge on any atom is -0.451 e. The molecular formula is C23H23NO6. The van der Waals surface area contributed by atoms with Gasteiger partial charge >= 0.3 is 5.97 Å². The quantitative estimate of drug-likeness (QED) is 0.458. The van der Waals surface area contributed by atoms with E-state index in [1.165, 1.54) is 0 Å². The van der Waals surface area contributed by atoms with Gasteiger partial charge in [-0.25, -0.2) is 4.79 Å². The molecule has 156 valence electrons. The Labute approximate surface area is 173 Å². The van der Waals surface area contributed by atoms with Crippen LogP contribution in [0.1, 0.15) is 45.1 Å². The summed E-state index contributed by atoms with van der Waals surface area (Å²) in [6.07, 6.45) is 2.22. The van der Waals surface area contributed by atoms with Crippen LogP contribution in [0.5, 0.6) is 0 Å². The molecule has 1 aliphatic heterocycles. The summed E-state index contributed by atoms with van der Waals surface area (Å²) in [4.78, 5) is 37.1. The molecule has 1 aromatic carbocycles. The van der Waals surface area contributed by atoms with E-state index in [0.717, 1.165) is 36.9 Å². The minimum atomic E-state index is -0.848. The summed E-state index contributed by atoms with van der Waals surface area (Å²) in [5, 5.41) is 0.379. The Hall–Kier alpha value is -3.19. The third kappa shape index (κ3) is 3.93. The number of rotatable bonds is 6. The van der Waals surface area contributed by atoms with Crippen LogP contribution < -0.4 is 5.43 Å². The topological polar surface area (TPSA) is 87.7 Å². The Bertz CT molecular complexity index is 1170. The second kappa shape index (κ2) is 8.28. The van der Waals surface area contributed by atoms with Crippen molar-refractivity contribution in [2.24, 2.45) is 0 Å². The third-order valence-electron chi connectivity index (χ3n) is 5.45. The Balaban J connectivity index is 1.46. The van der Waals surface area contributed by atoms with E-state index < -0.39 is 12.6 Å². The summed E-state index contributed by atoms with van der Waals surface area (Å²) in [6, 6.07) is 9.52. The van der Waals surface area contributed by atoms with Gasteiger partial charge < -0.3 is 18.5 Å². The van der Waals surface area contributed by atoms with Crippen LogP contribution in [0, 0.1) is 13.8 Å². The third-order valence-corrected chi connectivity index (χ3v) is 5.45. The first-order valence-electron chi connectivity index (χ1n) is 9.95. The van der Waals surface area contributed by atoms with E-state index >= 15 is 0 Å². The molecule has 3 aromatic rings. The second-order valence-electron chi connectivity index (χ2n) is 7.50. The van der Waals surface area contributed by atoms with Crippen LogP contribution in [-0.4, -0.2) is 35.6 Å². The first-order chi connectivity index (χ1) is 14.4. The summed E-state index contributed by atoms with van der Waals surface area (Å²) in [5.41, 5.74) is 2.24. The molecule has 0 aliphatic carbocycles. The molecule has 2 aromatic heterocycles. The number of para-hydroxylation sites is 1. The summed E-state index contributed by atoms with van der Waals surface area (Å²) in [7, 11) is 0. The predicted molar refractivity (Wildman–Crippen MR) is 110 cm³/mol. The number of Topliss-reactive ketones (excluding diaryl/α,β-unsaturated/α-hetero) is 1. The van der Waals surface area contributed by atoms with Crippen molar-refractivity contribution in [3.05, 3.63) is 69.3 Å². The van der Waals surface area contributed by atoms with Crippen LogP contribution in [0.2, 0.25) is 0 Å². The number of hydrogen-bond donors (Lipinski definition) is 0. The number of hydrogen-bond acceptors (Lipinski definition) is 6. The maximum Gasteiger partial charge on any atom is 0.374 e. The molecule has 0 radical (unpaired) electrons. The number of ketones is 1. The van der Waals surface area contributed by atoms with Gasteiger partial charge in [-0.1, -0.05) is 12.1 Å². The summed E-state index contributed by atoms with van der Waals surface area (Å²) in [6.45, 7) is 4.86. The lowest BCUT2D eigenvalue weighted by atomic mass is 10.1. The number of carbonyl (C=O) groups excluding carboxylic acids is 2. The normalized spacial score (nSPS) is 16.1. The SMILES string of the molecule is Cc1cc(C(=O)COC(=O)c2cc(=O)c3ccccc3o2)c(C)n1CC1CCCO1. The van der Waals surface area contributed by atoms with Gasteiger partial charge in [-0.3, -0.25) is 9.59 Å². The smallest absolute Gasteiger partial charge is 0.374 e. The maximum atomic E-state index is 12.7. The predicted octanol–water partition coefficient (Wildman–Crippen LogP) is 3.43. The van der Waals surface area contributed by atoms with E-state index in [9.17, 15) is 14.4 Å². The summed E-state index contributed by atoms with van der Waals surface area (Å²) < 4.78 is 18.3. The van der Waals surface area contributed by atoms with Gasteiger partial charge in [-0.05, 0) is 44.9 Å². The van der Waals surface area contributed by atoms with Crippen LogP contribution >= 0.6 is 0 Å². The molecule has 1 atom stereocenters. The number of nitrogens with zero attached hydrogens (tertiary/aromatic N) is 1. The lowest BCUT2D eigenvalue weighted by molar-refractivity contribution is 0.0444. The highest BCUT2D eigenvalue weighted by Gasteiger charge is 2.22. The van der Waals surface area contributed by atoms with Gasteiger partial charge in [0.25, 0.3) is 0 Å². The number of benzene rings is 1. The van der Waals surface area contributed by atoms with Crippen LogP contribution in [0.15, 0.2) is 45.6 Å². The fraction of sp³-hybridized carbons (Fsp3) is 0.348. The van der Waals surface area contributed by atoms with Crippen LogP contribution in [-0.2, 0) is 16.0 Å². The van der Waals surface area contributed by atoms with Crippen molar-refractivity contribution in [3.63, 3.8) is 0 Å². The fourth-order valence-electron chi connectivity index (χ4n) is 3.84. The van der Waals surface area contributed by atoms with Gasteiger partial charge in [-0.15, -0.1) is 0 Å². The van der Waals surface area contributed by atoms with E-state index in [1.807, 2.05) is 13.8 Å². The van der Waals surface area contributed by atoms with Gasteiger partial charge in [0.15, 0.2) is 12.0 Å². The van der Waals surface area contributed by atoms with Crippen molar-refractivity contribution < 1.29 is 23.5 Å². The first kappa shape index (κ1) is 20.1. The molecule has 7 nitrogen and oxygen atoms in total. The molecule has 1 aliphatic rings. The Morgan fingerprint density at radius 3 is 2.77 bits per heavy atom. The minimum absolute atomic E-state index is 0.159. The second-order valence-corrected chi connectivity index (χ2v) is 7.50. The lowest BCUT2D eigenvalue weighted by Crippen LogP contribution is -2.18. The zero-order valence-electron chi connectivity index (χ0n) is 17.0. The molecule has 0 saturated carbocycles. The number of aromatic nitrogens is 1. The van der Waals surface area contributed by atoms with Crippen LogP contribution in [0.3, 0.4) is 0 Å². The van der Waals surface area contributed by atoms with Crippen molar-refractivity contribution in [2.75, 3.05) is 13.2 Å². The number of ether oxygens (including phenoxy) is 2. The molecule has 1 saturated heterocycles. The number of carbonyl (C=O) groups is 2. The molecule has 0 bridgehead atoms. The highest BCUT2D eigenvalue weighted by molar-refractivity contribution is 6.00. The van der Waals surface area contributed by atoms with Gasteiger partial charge in [0.2, 0.25) is 11.5 Å². The van der Waals surface area contributed by atoms with Crippen molar-refractivity contribution in [1.82, 2.24) is 4.57 Å². The molecule has 3 heterocycles. The summed E-state index contributed by atoms with van der Waals surface area (Å²) in [5.74, 6) is -1.38. The van der Waals surface area contributed by atoms with E-state index in [4.69, 9.17) is 13.9 Å². The summed E-state index contributed by atoms with van der Waals surface area (Å²) >= 11 is 0. The Morgan fingerprint density at radius 1 is 1.20 bits per heavy atom.